The number of aryl methyl sites for hydroxylation is 1. The monoisotopic (exact) mass is 193 g/mol. The van der Waals surface area contributed by atoms with Crippen molar-refractivity contribution in [1.29, 1.82) is 0 Å². The number of anilines is 1. The van der Waals surface area contributed by atoms with Crippen LogP contribution in [0.5, 0.6) is 0 Å². The molecule has 0 aliphatic carbocycles. The van der Waals surface area contributed by atoms with Gasteiger partial charge in [-0.15, -0.1) is 11.3 Å². The van der Waals surface area contributed by atoms with Gasteiger partial charge in [0.25, 0.3) is 0 Å². The van der Waals surface area contributed by atoms with E-state index >= 15 is 0 Å². The molecule has 2 rings (SSSR count). The molecule has 2 heterocycles. The third-order valence-electron chi connectivity index (χ3n) is 1.88. The molecule has 0 bridgehead atoms. The van der Waals surface area contributed by atoms with Crippen molar-refractivity contribution in [3.63, 3.8) is 0 Å². The van der Waals surface area contributed by atoms with E-state index < -0.39 is 0 Å². The lowest BCUT2D eigenvalue weighted by molar-refractivity contribution is 1.10. The van der Waals surface area contributed by atoms with E-state index in [-0.39, 0.29) is 0 Å². The summed E-state index contributed by atoms with van der Waals surface area (Å²) in [5, 5.41) is 5.32. The van der Waals surface area contributed by atoms with Gasteiger partial charge in [-0.3, -0.25) is 0 Å². The highest BCUT2D eigenvalue weighted by atomic mass is 32.1. The molecule has 2 aromatic heterocycles. The highest BCUT2D eigenvalue weighted by molar-refractivity contribution is 7.10. The average Bonchev–Trinajstić information content (AvgIpc) is 2.72. The van der Waals surface area contributed by atoms with Gasteiger partial charge in [-0.05, 0) is 23.9 Å². The first-order valence-electron chi connectivity index (χ1n) is 4.12. The molecule has 2 aromatic rings. The van der Waals surface area contributed by atoms with Gasteiger partial charge in [-0.25, -0.2) is 4.98 Å². The fourth-order valence-corrected chi connectivity index (χ4v) is 1.96. The summed E-state index contributed by atoms with van der Waals surface area (Å²) in [5.74, 6) is 0.827. The predicted molar refractivity (Wildman–Crippen MR) is 55.0 cm³/mol. The van der Waals surface area contributed by atoms with E-state index in [4.69, 9.17) is 0 Å². The van der Waals surface area contributed by atoms with Crippen molar-refractivity contribution in [3.8, 4) is 0 Å². The van der Waals surface area contributed by atoms with E-state index in [0.717, 1.165) is 12.5 Å². The van der Waals surface area contributed by atoms with Crippen molar-refractivity contribution in [3.05, 3.63) is 34.3 Å². The van der Waals surface area contributed by atoms with Gasteiger partial charge in [0, 0.05) is 17.3 Å². The van der Waals surface area contributed by atoms with E-state index in [1.54, 1.807) is 17.5 Å². The number of H-pyrrole nitrogens is 1. The molecule has 2 N–H and O–H groups in total. The van der Waals surface area contributed by atoms with Crippen molar-refractivity contribution in [2.24, 2.45) is 0 Å². The summed E-state index contributed by atoms with van der Waals surface area (Å²) in [7, 11) is 0. The van der Waals surface area contributed by atoms with Crippen LogP contribution in [0.4, 0.5) is 5.95 Å². The SMILES string of the molecule is Cc1ccsc1CNc1ncc[nH]1. The number of hydrogen-bond donors (Lipinski definition) is 2. The maximum atomic E-state index is 4.08. The topological polar surface area (TPSA) is 40.7 Å². The Morgan fingerprint density at radius 2 is 2.54 bits per heavy atom. The summed E-state index contributed by atoms with van der Waals surface area (Å²) in [5.41, 5.74) is 1.34. The molecule has 4 heteroatoms. The van der Waals surface area contributed by atoms with E-state index in [1.165, 1.54) is 10.4 Å². The van der Waals surface area contributed by atoms with Gasteiger partial charge >= 0.3 is 0 Å². The molecule has 0 saturated heterocycles. The fourth-order valence-electron chi connectivity index (χ4n) is 1.11. The minimum absolute atomic E-state index is 0.827. The van der Waals surface area contributed by atoms with Crippen molar-refractivity contribution < 1.29 is 0 Å². The van der Waals surface area contributed by atoms with Crippen LogP contribution in [0, 0.1) is 6.92 Å². The highest BCUT2D eigenvalue weighted by Gasteiger charge is 1.99. The van der Waals surface area contributed by atoms with Crippen LogP contribution < -0.4 is 5.32 Å². The van der Waals surface area contributed by atoms with Crippen LogP contribution in [0.25, 0.3) is 0 Å². The number of thiophene rings is 1. The van der Waals surface area contributed by atoms with Crippen LogP contribution in [-0.2, 0) is 6.54 Å². The van der Waals surface area contributed by atoms with Gasteiger partial charge in [0.15, 0.2) is 5.95 Å². The summed E-state index contributed by atoms with van der Waals surface area (Å²) in [6.07, 6.45) is 3.55. The van der Waals surface area contributed by atoms with E-state index in [2.05, 4.69) is 33.7 Å². The first-order valence-corrected chi connectivity index (χ1v) is 5.00. The van der Waals surface area contributed by atoms with Crippen LogP contribution in [0.3, 0.4) is 0 Å². The molecule has 13 heavy (non-hydrogen) atoms. The zero-order valence-electron chi connectivity index (χ0n) is 7.37. The Hall–Kier alpha value is -1.29. The maximum Gasteiger partial charge on any atom is 0.200 e. The molecule has 0 unspecified atom stereocenters. The first-order chi connectivity index (χ1) is 6.36. The number of aromatic amines is 1. The standard InChI is InChI=1S/C9H11N3S/c1-7-2-5-13-8(7)6-12-9-10-3-4-11-9/h2-5H,6H2,1H3,(H2,10,11,12). The Labute approximate surface area is 80.8 Å². The largest absolute Gasteiger partial charge is 0.351 e. The van der Waals surface area contributed by atoms with Crippen LogP contribution in [0.15, 0.2) is 23.8 Å². The molecule has 3 nitrogen and oxygen atoms in total. The molecule has 0 amide bonds. The Morgan fingerprint density at radius 1 is 1.62 bits per heavy atom. The number of nitrogens with zero attached hydrogens (tertiary/aromatic N) is 1. The minimum Gasteiger partial charge on any atom is -0.351 e. The molecule has 0 spiro atoms. The van der Waals surface area contributed by atoms with E-state index in [9.17, 15) is 0 Å². The highest BCUT2D eigenvalue weighted by Crippen LogP contribution is 2.16. The lowest BCUT2D eigenvalue weighted by Gasteiger charge is -2.00. The Balaban J connectivity index is 1.97. The maximum absolute atomic E-state index is 4.08. The summed E-state index contributed by atoms with van der Waals surface area (Å²) >= 11 is 1.77. The van der Waals surface area contributed by atoms with Gasteiger partial charge in [-0.1, -0.05) is 0 Å². The normalized spacial score (nSPS) is 10.2. The number of imidazole rings is 1. The zero-order chi connectivity index (χ0) is 9.10. The van der Waals surface area contributed by atoms with Crippen molar-refractivity contribution in [2.45, 2.75) is 13.5 Å². The zero-order valence-corrected chi connectivity index (χ0v) is 8.19. The number of aromatic nitrogens is 2. The molecule has 68 valence electrons. The van der Waals surface area contributed by atoms with Crippen LogP contribution in [0.2, 0.25) is 0 Å². The molecule has 0 radical (unpaired) electrons. The van der Waals surface area contributed by atoms with Crippen molar-refractivity contribution in [1.82, 2.24) is 9.97 Å². The molecule has 0 aliphatic rings. The predicted octanol–water partition coefficient (Wildman–Crippen LogP) is 2.39. The molecule has 0 saturated carbocycles. The Kier molecular flexibility index (Phi) is 2.31. The van der Waals surface area contributed by atoms with Gasteiger partial charge in [0.05, 0.1) is 6.54 Å². The minimum atomic E-state index is 0.827. The lowest BCUT2D eigenvalue weighted by Crippen LogP contribution is -1.99. The Bertz CT molecular complexity index is 364. The van der Waals surface area contributed by atoms with Gasteiger partial charge < -0.3 is 10.3 Å². The summed E-state index contributed by atoms with van der Waals surface area (Å²) in [4.78, 5) is 8.44. The van der Waals surface area contributed by atoms with Crippen molar-refractivity contribution in [2.75, 3.05) is 5.32 Å². The second kappa shape index (κ2) is 3.62. The van der Waals surface area contributed by atoms with Crippen LogP contribution in [-0.4, -0.2) is 9.97 Å². The number of hydrogen-bond acceptors (Lipinski definition) is 3. The summed E-state index contributed by atoms with van der Waals surface area (Å²) in [6.45, 7) is 2.96. The molecule has 0 aliphatic heterocycles. The second-order valence-corrected chi connectivity index (χ2v) is 3.82. The van der Waals surface area contributed by atoms with Gasteiger partial charge in [-0.2, -0.15) is 0 Å². The van der Waals surface area contributed by atoms with Crippen LogP contribution >= 0.6 is 11.3 Å². The summed E-state index contributed by atoms with van der Waals surface area (Å²) in [6, 6.07) is 2.13. The van der Waals surface area contributed by atoms with Gasteiger partial charge in [0.1, 0.15) is 0 Å². The molecular formula is C9H11N3S. The molecule has 0 aromatic carbocycles. The number of nitrogens with one attached hydrogen (secondary N) is 2. The lowest BCUT2D eigenvalue weighted by atomic mass is 10.3. The number of rotatable bonds is 3. The Morgan fingerprint density at radius 3 is 3.15 bits per heavy atom. The molecule has 0 atom stereocenters. The van der Waals surface area contributed by atoms with E-state index in [0.29, 0.717) is 0 Å². The third kappa shape index (κ3) is 1.89. The van der Waals surface area contributed by atoms with Gasteiger partial charge in [0.2, 0.25) is 0 Å². The van der Waals surface area contributed by atoms with Crippen LogP contribution in [0.1, 0.15) is 10.4 Å². The smallest absolute Gasteiger partial charge is 0.200 e. The second-order valence-electron chi connectivity index (χ2n) is 2.82. The van der Waals surface area contributed by atoms with E-state index in [1.807, 2.05) is 6.20 Å². The first kappa shape index (κ1) is 8.31. The molecule has 0 fully saturated rings. The fraction of sp³-hybridized carbons (Fsp3) is 0.222. The quantitative estimate of drug-likeness (QED) is 0.785. The molecular weight excluding hydrogens is 182 g/mol. The average molecular weight is 193 g/mol. The van der Waals surface area contributed by atoms with Crippen molar-refractivity contribution >= 4 is 17.3 Å². The third-order valence-corrected chi connectivity index (χ3v) is 2.91. The summed E-state index contributed by atoms with van der Waals surface area (Å²) < 4.78 is 0.